The van der Waals surface area contributed by atoms with Crippen LogP contribution in [-0.2, 0) is 4.79 Å². The van der Waals surface area contributed by atoms with E-state index in [4.69, 9.17) is 10.5 Å². The maximum absolute atomic E-state index is 12.3. The number of anilines is 1. The van der Waals surface area contributed by atoms with Crippen molar-refractivity contribution in [3.63, 3.8) is 0 Å². The lowest BCUT2D eigenvalue weighted by molar-refractivity contribution is -0.116. The minimum absolute atomic E-state index is 0.0996. The molecule has 6 nitrogen and oxygen atoms in total. The first-order valence-corrected chi connectivity index (χ1v) is 8.24. The molecule has 0 radical (unpaired) electrons. The van der Waals surface area contributed by atoms with Crippen molar-refractivity contribution in [2.24, 2.45) is 11.7 Å². The van der Waals surface area contributed by atoms with Crippen molar-refractivity contribution in [1.29, 1.82) is 0 Å². The fraction of sp³-hybridized carbons (Fsp3) is 0.263. The molecule has 1 amide bonds. The van der Waals surface area contributed by atoms with E-state index in [1.807, 2.05) is 60.0 Å². The highest BCUT2D eigenvalue weighted by Gasteiger charge is 2.16. The molecule has 0 spiro atoms. The Morgan fingerprint density at radius 1 is 1.28 bits per heavy atom. The van der Waals surface area contributed by atoms with Gasteiger partial charge in [-0.1, -0.05) is 25.1 Å². The second-order valence-electron chi connectivity index (χ2n) is 6.05. The Kier molecular flexibility index (Phi) is 5.00. The molecule has 0 aliphatic rings. The summed E-state index contributed by atoms with van der Waals surface area (Å²) in [4.78, 5) is 16.9. The zero-order chi connectivity index (χ0) is 17.8. The highest BCUT2D eigenvalue weighted by Crippen LogP contribution is 2.27. The lowest BCUT2D eigenvalue weighted by Crippen LogP contribution is -2.21. The number of fused-ring (bicyclic) bond motifs is 1. The van der Waals surface area contributed by atoms with Crippen molar-refractivity contribution in [3.05, 3.63) is 48.5 Å². The molecular weight excluding hydrogens is 316 g/mol. The number of carbonyl (C=O) groups is 1. The summed E-state index contributed by atoms with van der Waals surface area (Å²) in [5.74, 6) is 1.25. The monoisotopic (exact) mass is 338 g/mol. The molecule has 0 saturated heterocycles. The summed E-state index contributed by atoms with van der Waals surface area (Å²) in [5, 5.41) is 2.92. The minimum atomic E-state index is -0.0996. The van der Waals surface area contributed by atoms with E-state index in [0.29, 0.717) is 18.9 Å². The van der Waals surface area contributed by atoms with E-state index in [1.165, 1.54) is 0 Å². The van der Waals surface area contributed by atoms with E-state index >= 15 is 0 Å². The molecule has 0 saturated carbocycles. The molecule has 130 valence electrons. The molecule has 1 unspecified atom stereocenters. The number of hydrogen-bond acceptors (Lipinski definition) is 4. The first-order chi connectivity index (χ1) is 12.1. The van der Waals surface area contributed by atoms with Crippen LogP contribution >= 0.6 is 0 Å². The van der Waals surface area contributed by atoms with E-state index in [1.54, 1.807) is 7.11 Å². The van der Waals surface area contributed by atoms with Gasteiger partial charge in [-0.2, -0.15) is 0 Å². The summed E-state index contributed by atoms with van der Waals surface area (Å²) in [6, 6.07) is 15.4. The molecule has 0 aliphatic carbocycles. The lowest BCUT2D eigenvalue weighted by Gasteiger charge is -2.12. The Bertz CT molecular complexity index is 888. The maximum Gasteiger partial charge on any atom is 0.227 e. The number of ether oxygens (including phenoxy) is 1. The Hall–Kier alpha value is -2.86. The van der Waals surface area contributed by atoms with Crippen LogP contribution in [0.1, 0.15) is 13.3 Å². The minimum Gasteiger partial charge on any atom is -0.497 e. The highest BCUT2D eigenvalue weighted by molar-refractivity contribution is 5.92. The molecule has 25 heavy (non-hydrogen) atoms. The van der Waals surface area contributed by atoms with Crippen molar-refractivity contribution < 1.29 is 9.53 Å². The van der Waals surface area contributed by atoms with Crippen LogP contribution in [0.4, 0.5) is 5.95 Å². The summed E-state index contributed by atoms with van der Waals surface area (Å²) >= 11 is 0. The van der Waals surface area contributed by atoms with Gasteiger partial charge in [0.15, 0.2) is 0 Å². The number of benzene rings is 2. The smallest absolute Gasteiger partial charge is 0.227 e. The normalized spacial score (nSPS) is 12.1. The molecule has 1 atom stereocenters. The van der Waals surface area contributed by atoms with E-state index < -0.39 is 0 Å². The molecule has 6 heteroatoms. The maximum atomic E-state index is 12.3. The quantitative estimate of drug-likeness (QED) is 0.724. The van der Waals surface area contributed by atoms with Crippen LogP contribution in [0.15, 0.2) is 48.5 Å². The van der Waals surface area contributed by atoms with Gasteiger partial charge in [0, 0.05) is 12.5 Å². The predicted octanol–water partition coefficient (Wildman–Crippen LogP) is 2.96. The van der Waals surface area contributed by atoms with Gasteiger partial charge in [0.1, 0.15) is 5.75 Å². The van der Waals surface area contributed by atoms with Crippen LogP contribution in [0.25, 0.3) is 16.7 Å². The van der Waals surface area contributed by atoms with E-state index in [0.717, 1.165) is 22.5 Å². The summed E-state index contributed by atoms with van der Waals surface area (Å²) in [6.07, 6.45) is 0.359. The van der Waals surface area contributed by atoms with Crippen molar-refractivity contribution in [2.75, 3.05) is 19.0 Å². The molecule has 0 bridgehead atoms. The average molecular weight is 338 g/mol. The number of nitrogens with two attached hydrogens (primary N) is 1. The number of imidazole rings is 1. The first-order valence-electron chi connectivity index (χ1n) is 8.24. The third-order valence-electron chi connectivity index (χ3n) is 4.06. The van der Waals surface area contributed by atoms with Gasteiger partial charge in [-0.15, -0.1) is 0 Å². The van der Waals surface area contributed by atoms with Crippen LogP contribution in [0.2, 0.25) is 0 Å². The topological polar surface area (TPSA) is 82.2 Å². The van der Waals surface area contributed by atoms with Gasteiger partial charge in [0.05, 0.1) is 23.8 Å². The van der Waals surface area contributed by atoms with Crippen LogP contribution in [0.5, 0.6) is 5.75 Å². The van der Waals surface area contributed by atoms with Crippen LogP contribution in [-0.4, -0.2) is 29.1 Å². The summed E-state index contributed by atoms with van der Waals surface area (Å²) < 4.78 is 7.24. The molecule has 0 fully saturated rings. The molecule has 1 aromatic heterocycles. The van der Waals surface area contributed by atoms with Crippen molar-refractivity contribution >= 4 is 22.9 Å². The SMILES string of the molecule is COc1cccc(-n2c(NC(=O)CC(C)CN)nc3ccccc32)c1. The van der Waals surface area contributed by atoms with Crippen molar-refractivity contribution in [3.8, 4) is 11.4 Å². The zero-order valence-corrected chi connectivity index (χ0v) is 14.4. The Morgan fingerprint density at radius 3 is 2.84 bits per heavy atom. The van der Waals surface area contributed by atoms with Crippen molar-refractivity contribution in [1.82, 2.24) is 9.55 Å². The van der Waals surface area contributed by atoms with Gasteiger partial charge in [-0.3, -0.25) is 14.7 Å². The molecule has 1 heterocycles. The highest BCUT2D eigenvalue weighted by atomic mass is 16.5. The third-order valence-corrected chi connectivity index (χ3v) is 4.06. The number of nitrogens with one attached hydrogen (secondary N) is 1. The average Bonchev–Trinajstić information content (AvgIpc) is 2.99. The molecule has 2 aromatic carbocycles. The second kappa shape index (κ2) is 7.36. The molecular formula is C19H22N4O2. The number of carbonyl (C=O) groups excluding carboxylic acids is 1. The van der Waals surface area contributed by atoms with Gasteiger partial charge < -0.3 is 10.5 Å². The number of para-hydroxylation sites is 2. The van der Waals surface area contributed by atoms with Gasteiger partial charge in [0.2, 0.25) is 11.9 Å². The lowest BCUT2D eigenvalue weighted by atomic mass is 10.1. The van der Waals surface area contributed by atoms with Crippen LogP contribution in [0, 0.1) is 5.92 Å². The number of aromatic nitrogens is 2. The number of hydrogen-bond donors (Lipinski definition) is 2. The predicted molar refractivity (Wildman–Crippen MR) is 99.1 cm³/mol. The van der Waals surface area contributed by atoms with E-state index in [9.17, 15) is 4.79 Å². The van der Waals surface area contributed by atoms with Crippen LogP contribution in [0.3, 0.4) is 0 Å². The van der Waals surface area contributed by atoms with E-state index in [-0.39, 0.29) is 11.8 Å². The standard InChI is InChI=1S/C19H22N4O2/c1-13(12-20)10-18(24)22-19-21-16-8-3-4-9-17(16)23(19)14-6-5-7-15(11-14)25-2/h3-9,11,13H,10,12,20H2,1-2H3,(H,21,22,24). The first kappa shape index (κ1) is 17.0. The van der Waals surface area contributed by atoms with Gasteiger partial charge in [0.25, 0.3) is 0 Å². The zero-order valence-electron chi connectivity index (χ0n) is 14.4. The molecule has 3 rings (SSSR count). The summed E-state index contributed by atoms with van der Waals surface area (Å²) in [6.45, 7) is 2.42. The number of amides is 1. The summed E-state index contributed by atoms with van der Waals surface area (Å²) in [5.41, 5.74) is 8.21. The Labute approximate surface area is 146 Å². The Balaban J connectivity index is 2.04. The van der Waals surface area contributed by atoms with E-state index in [2.05, 4.69) is 10.3 Å². The largest absolute Gasteiger partial charge is 0.497 e. The van der Waals surface area contributed by atoms with Gasteiger partial charge in [-0.05, 0) is 36.7 Å². The third kappa shape index (κ3) is 3.64. The number of nitrogens with zero attached hydrogens (tertiary/aromatic N) is 2. The van der Waals surface area contributed by atoms with Crippen molar-refractivity contribution in [2.45, 2.75) is 13.3 Å². The number of methoxy groups -OCH3 is 1. The Morgan fingerprint density at radius 2 is 2.08 bits per heavy atom. The van der Waals surface area contributed by atoms with Crippen LogP contribution < -0.4 is 15.8 Å². The molecule has 0 aliphatic heterocycles. The molecule has 3 N–H and O–H groups in total. The molecule has 3 aromatic rings. The van der Waals surface area contributed by atoms with Gasteiger partial charge in [-0.25, -0.2) is 4.98 Å². The van der Waals surface area contributed by atoms with Gasteiger partial charge >= 0.3 is 0 Å². The second-order valence-corrected chi connectivity index (χ2v) is 6.05. The fourth-order valence-electron chi connectivity index (χ4n) is 2.70. The summed E-state index contributed by atoms with van der Waals surface area (Å²) in [7, 11) is 1.63. The number of rotatable bonds is 6. The fourth-order valence-corrected chi connectivity index (χ4v) is 2.70.